The summed E-state index contributed by atoms with van der Waals surface area (Å²) in [5.74, 6) is 0.589. The number of anilines is 1. The first-order valence-corrected chi connectivity index (χ1v) is 6.42. The summed E-state index contributed by atoms with van der Waals surface area (Å²) in [5, 5.41) is 12.3. The van der Waals surface area contributed by atoms with Crippen LogP contribution in [0.3, 0.4) is 0 Å². The molecule has 1 aromatic carbocycles. The van der Waals surface area contributed by atoms with Crippen LogP contribution in [-0.4, -0.2) is 32.9 Å². The fourth-order valence-corrected chi connectivity index (χ4v) is 2.00. The van der Waals surface area contributed by atoms with Crippen LogP contribution < -0.4 is 5.73 Å². The van der Waals surface area contributed by atoms with Gasteiger partial charge in [0.1, 0.15) is 0 Å². The summed E-state index contributed by atoms with van der Waals surface area (Å²) in [5.41, 5.74) is 7.25. The molecule has 2 rings (SSSR count). The van der Waals surface area contributed by atoms with E-state index in [4.69, 9.17) is 22.1 Å². The average molecular weight is 282 g/mol. The van der Waals surface area contributed by atoms with E-state index >= 15 is 0 Å². The van der Waals surface area contributed by atoms with E-state index in [1.54, 1.807) is 22.9 Å². The monoisotopic (exact) mass is 281 g/mol. The number of aromatic nitrogens is 4. The molecule has 1 atom stereocenters. The highest BCUT2D eigenvalue weighted by Gasteiger charge is 2.14. The Bertz CT molecular complexity index is 557. The number of nitrogens with two attached hydrogens (primary N) is 1. The minimum Gasteiger partial charge on any atom is -0.398 e. The number of hydrogen-bond acceptors (Lipinski definition) is 5. The minimum absolute atomic E-state index is 0.0210. The van der Waals surface area contributed by atoms with Crippen molar-refractivity contribution in [3.8, 4) is 11.4 Å². The van der Waals surface area contributed by atoms with Crippen molar-refractivity contribution in [2.75, 3.05) is 12.3 Å². The number of rotatable bonds is 5. The van der Waals surface area contributed by atoms with Crippen molar-refractivity contribution in [3.05, 3.63) is 23.2 Å². The molecule has 0 aliphatic heterocycles. The lowest BCUT2D eigenvalue weighted by Gasteiger charge is -2.13. The number of halogens is 1. The van der Waals surface area contributed by atoms with E-state index in [2.05, 4.69) is 15.5 Å². The summed E-state index contributed by atoms with van der Waals surface area (Å²) >= 11 is 5.98. The first-order valence-electron chi connectivity index (χ1n) is 6.05. The number of ether oxygens (including phenoxy) is 1. The summed E-state index contributed by atoms with van der Waals surface area (Å²) in [6.45, 7) is 5.13. The van der Waals surface area contributed by atoms with Gasteiger partial charge < -0.3 is 10.5 Å². The lowest BCUT2D eigenvalue weighted by Crippen LogP contribution is -2.18. The predicted octanol–water partition coefficient (Wildman–Crippen LogP) is 2.00. The van der Waals surface area contributed by atoms with Gasteiger partial charge in [-0.15, -0.1) is 5.10 Å². The van der Waals surface area contributed by atoms with Gasteiger partial charge in [-0.2, -0.15) is 0 Å². The van der Waals surface area contributed by atoms with Crippen molar-refractivity contribution in [2.45, 2.75) is 26.5 Å². The van der Waals surface area contributed by atoms with Crippen LogP contribution in [0.15, 0.2) is 18.2 Å². The van der Waals surface area contributed by atoms with Crippen molar-refractivity contribution in [1.82, 2.24) is 20.2 Å². The molecule has 0 aliphatic carbocycles. The zero-order valence-electron chi connectivity index (χ0n) is 10.9. The molecule has 2 N–H and O–H groups in total. The Kier molecular flexibility index (Phi) is 4.34. The van der Waals surface area contributed by atoms with Gasteiger partial charge in [0.25, 0.3) is 0 Å². The van der Waals surface area contributed by atoms with E-state index in [0.29, 0.717) is 29.7 Å². The number of hydrogen-bond donors (Lipinski definition) is 1. The SMILES string of the molecule is CCOC(C)Cn1nnnc1-c1cc(Cl)ccc1N. The number of nitrogens with zero attached hydrogens (tertiary/aromatic N) is 4. The van der Waals surface area contributed by atoms with Crippen LogP contribution in [0.1, 0.15) is 13.8 Å². The Hall–Kier alpha value is -1.66. The van der Waals surface area contributed by atoms with Crippen LogP contribution in [0.5, 0.6) is 0 Å². The molecule has 6 nitrogen and oxygen atoms in total. The van der Waals surface area contributed by atoms with Gasteiger partial charge in [0.15, 0.2) is 5.82 Å². The summed E-state index contributed by atoms with van der Waals surface area (Å²) in [6, 6.07) is 5.23. The van der Waals surface area contributed by atoms with Gasteiger partial charge >= 0.3 is 0 Å². The first kappa shape index (κ1) is 13.8. The predicted molar refractivity (Wildman–Crippen MR) is 73.8 cm³/mol. The van der Waals surface area contributed by atoms with Gasteiger partial charge in [-0.25, -0.2) is 4.68 Å². The van der Waals surface area contributed by atoms with E-state index in [9.17, 15) is 0 Å². The summed E-state index contributed by atoms with van der Waals surface area (Å²) in [6.07, 6.45) is 0.0210. The van der Waals surface area contributed by atoms with Crippen molar-refractivity contribution >= 4 is 17.3 Å². The van der Waals surface area contributed by atoms with Gasteiger partial charge in [0.2, 0.25) is 0 Å². The van der Waals surface area contributed by atoms with Gasteiger partial charge in [-0.3, -0.25) is 0 Å². The van der Waals surface area contributed by atoms with Crippen molar-refractivity contribution < 1.29 is 4.74 Å². The second kappa shape index (κ2) is 5.99. The Balaban J connectivity index is 2.31. The van der Waals surface area contributed by atoms with Crippen molar-refractivity contribution in [2.24, 2.45) is 0 Å². The van der Waals surface area contributed by atoms with Crippen LogP contribution in [-0.2, 0) is 11.3 Å². The quantitative estimate of drug-likeness (QED) is 0.848. The highest BCUT2D eigenvalue weighted by Crippen LogP contribution is 2.26. The Morgan fingerprint density at radius 3 is 3.00 bits per heavy atom. The molecule has 1 unspecified atom stereocenters. The first-order chi connectivity index (χ1) is 9.11. The van der Waals surface area contributed by atoms with Crippen LogP contribution in [0.2, 0.25) is 5.02 Å². The summed E-state index contributed by atoms with van der Waals surface area (Å²) in [7, 11) is 0. The molecule has 0 amide bonds. The third kappa shape index (κ3) is 3.21. The minimum atomic E-state index is 0.0210. The van der Waals surface area contributed by atoms with Gasteiger partial charge in [0, 0.05) is 22.9 Å². The van der Waals surface area contributed by atoms with E-state index in [1.807, 2.05) is 13.8 Å². The summed E-state index contributed by atoms with van der Waals surface area (Å²) in [4.78, 5) is 0. The number of tetrazole rings is 1. The van der Waals surface area contributed by atoms with Crippen molar-refractivity contribution in [3.63, 3.8) is 0 Å². The van der Waals surface area contributed by atoms with Crippen LogP contribution >= 0.6 is 11.6 Å². The average Bonchev–Trinajstić information content (AvgIpc) is 2.80. The molecule has 1 aromatic heterocycles. The number of benzene rings is 1. The Morgan fingerprint density at radius 2 is 2.26 bits per heavy atom. The molecule has 0 radical (unpaired) electrons. The molecular weight excluding hydrogens is 266 g/mol. The van der Waals surface area contributed by atoms with Gasteiger partial charge in [-0.05, 0) is 42.5 Å². The largest absolute Gasteiger partial charge is 0.398 e. The standard InChI is InChI=1S/C12H16ClN5O/c1-3-19-8(2)7-18-12(15-16-17-18)10-6-9(13)4-5-11(10)14/h4-6,8H,3,7,14H2,1-2H3. The molecular formula is C12H16ClN5O. The maximum Gasteiger partial charge on any atom is 0.184 e. The van der Waals surface area contributed by atoms with E-state index < -0.39 is 0 Å². The molecule has 2 aromatic rings. The summed E-state index contributed by atoms with van der Waals surface area (Å²) < 4.78 is 7.16. The van der Waals surface area contributed by atoms with E-state index in [-0.39, 0.29) is 6.10 Å². The lowest BCUT2D eigenvalue weighted by molar-refractivity contribution is 0.0614. The Labute approximate surface area is 116 Å². The highest BCUT2D eigenvalue weighted by atomic mass is 35.5. The van der Waals surface area contributed by atoms with Gasteiger partial charge in [0.05, 0.1) is 12.6 Å². The van der Waals surface area contributed by atoms with Crippen LogP contribution in [0.25, 0.3) is 11.4 Å². The maximum absolute atomic E-state index is 5.98. The molecule has 19 heavy (non-hydrogen) atoms. The molecule has 0 bridgehead atoms. The van der Waals surface area contributed by atoms with Crippen LogP contribution in [0.4, 0.5) is 5.69 Å². The molecule has 0 saturated carbocycles. The number of nitrogen functional groups attached to an aromatic ring is 1. The van der Waals surface area contributed by atoms with E-state index in [0.717, 1.165) is 5.56 Å². The fraction of sp³-hybridized carbons (Fsp3) is 0.417. The smallest absolute Gasteiger partial charge is 0.184 e. The van der Waals surface area contributed by atoms with Crippen molar-refractivity contribution in [1.29, 1.82) is 0 Å². The molecule has 0 aliphatic rings. The second-order valence-corrected chi connectivity index (χ2v) is 4.62. The lowest BCUT2D eigenvalue weighted by atomic mass is 10.1. The molecule has 0 fully saturated rings. The third-order valence-electron chi connectivity index (χ3n) is 2.67. The molecule has 102 valence electrons. The Morgan fingerprint density at radius 1 is 1.47 bits per heavy atom. The second-order valence-electron chi connectivity index (χ2n) is 4.18. The fourth-order valence-electron chi connectivity index (χ4n) is 1.82. The highest BCUT2D eigenvalue weighted by molar-refractivity contribution is 6.31. The maximum atomic E-state index is 5.98. The third-order valence-corrected chi connectivity index (χ3v) is 2.90. The zero-order chi connectivity index (χ0) is 13.8. The zero-order valence-corrected chi connectivity index (χ0v) is 11.6. The van der Waals surface area contributed by atoms with E-state index in [1.165, 1.54) is 0 Å². The molecule has 7 heteroatoms. The topological polar surface area (TPSA) is 78.8 Å². The molecule has 0 spiro atoms. The van der Waals surface area contributed by atoms with Crippen LogP contribution in [0, 0.1) is 0 Å². The molecule has 0 saturated heterocycles. The van der Waals surface area contributed by atoms with Gasteiger partial charge in [-0.1, -0.05) is 11.6 Å². The molecule has 1 heterocycles. The normalized spacial score (nSPS) is 12.6.